The zero-order chi connectivity index (χ0) is 11.4. The highest BCUT2D eigenvalue weighted by molar-refractivity contribution is 7.80. The van der Waals surface area contributed by atoms with Crippen LogP contribution in [0.2, 0.25) is 0 Å². The first-order valence-corrected chi connectivity index (χ1v) is 5.74. The number of nitrogens with zero attached hydrogens (tertiary/aromatic N) is 2. The van der Waals surface area contributed by atoms with Crippen molar-refractivity contribution in [2.75, 3.05) is 26.7 Å². The average Bonchev–Trinajstić information content (AvgIpc) is 2.50. The van der Waals surface area contributed by atoms with Crippen LogP contribution in [-0.4, -0.2) is 53.4 Å². The lowest BCUT2D eigenvalue weighted by atomic mass is 10.2. The molecule has 0 aromatic heterocycles. The highest BCUT2D eigenvalue weighted by Gasteiger charge is 2.32. The van der Waals surface area contributed by atoms with E-state index in [0.29, 0.717) is 11.4 Å². The molecule has 0 saturated carbocycles. The van der Waals surface area contributed by atoms with Gasteiger partial charge in [0.25, 0.3) is 0 Å². The first kappa shape index (κ1) is 12.4. The summed E-state index contributed by atoms with van der Waals surface area (Å²) in [4.78, 5) is 16.2. The number of rotatable bonds is 5. The van der Waals surface area contributed by atoms with Gasteiger partial charge < -0.3 is 10.6 Å². The van der Waals surface area contributed by atoms with Crippen LogP contribution in [0.4, 0.5) is 0 Å². The molecule has 1 rings (SSSR count). The Hall–Kier alpha value is -0.680. The van der Waals surface area contributed by atoms with E-state index in [0.717, 1.165) is 26.1 Å². The highest BCUT2D eigenvalue weighted by Crippen LogP contribution is 2.15. The second kappa shape index (κ2) is 5.42. The number of amides is 1. The maximum atomic E-state index is 11.8. The lowest BCUT2D eigenvalue weighted by molar-refractivity contribution is -0.131. The summed E-state index contributed by atoms with van der Waals surface area (Å²) in [6.45, 7) is 4.57. The van der Waals surface area contributed by atoms with Crippen LogP contribution in [0.3, 0.4) is 0 Å². The quantitative estimate of drug-likeness (QED) is 0.685. The molecule has 1 saturated heterocycles. The van der Waals surface area contributed by atoms with Gasteiger partial charge in [0.2, 0.25) is 5.91 Å². The van der Waals surface area contributed by atoms with E-state index in [9.17, 15) is 4.79 Å². The van der Waals surface area contributed by atoms with Gasteiger partial charge in [-0.25, -0.2) is 0 Å². The van der Waals surface area contributed by atoms with Crippen molar-refractivity contribution < 1.29 is 4.79 Å². The van der Waals surface area contributed by atoms with Gasteiger partial charge in [0, 0.05) is 26.6 Å². The lowest BCUT2D eigenvalue weighted by Crippen LogP contribution is -2.42. The van der Waals surface area contributed by atoms with E-state index < -0.39 is 0 Å². The highest BCUT2D eigenvalue weighted by atomic mass is 32.1. The minimum Gasteiger partial charge on any atom is -0.393 e. The van der Waals surface area contributed by atoms with Gasteiger partial charge in [-0.3, -0.25) is 9.69 Å². The molecule has 1 atom stereocenters. The Morgan fingerprint density at radius 3 is 2.80 bits per heavy atom. The average molecular weight is 229 g/mol. The van der Waals surface area contributed by atoms with E-state index in [1.807, 2.05) is 7.05 Å². The number of likely N-dealkylation sites (N-methyl/N-ethyl adjacent to an activating group) is 2. The van der Waals surface area contributed by atoms with Gasteiger partial charge in [-0.2, -0.15) is 0 Å². The molecule has 4 nitrogen and oxygen atoms in total. The molecule has 0 radical (unpaired) electrons. The predicted octanol–water partition coefficient (Wildman–Crippen LogP) is 0.215. The van der Waals surface area contributed by atoms with Crippen LogP contribution in [0.5, 0.6) is 0 Å². The Morgan fingerprint density at radius 1 is 1.73 bits per heavy atom. The third-order valence-electron chi connectivity index (χ3n) is 2.89. The summed E-state index contributed by atoms with van der Waals surface area (Å²) in [5.74, 6) is 0.222. The molecule has 1 amide bonds. The maximum Gasteiger partial charge on any atom is 0.239 e. The predicted molar refractivity (Wildman–Crippen MR) is 64.7 cm³/mol. The van der Waals surface area contributed by atoms with Crippen LogP contribution in [0.25, 0.3) is 0 Å². The zero-order valence-corrected chi connectivity index (χ0v) is 10.2. The summed E-state index contributed by atoms with van der Waals surface area (Å²) in [7, 11) is 1.85. The summed E-state index contributed by atoms with van der Waals surface area (Å²) in [6, 6.07) is 0.0364. The van der Waals surface area contributed by atoms with E-state index in [4.69, 9.17) is 18.0 Å². The Morgan fingerprint density at radius 2 is 2.40 bits per heavy atom. The number of thiocarbonyl (C=S) groups is 1. The van der Waals surface area contributed by atoms with Crippen molar-refractivity contribution in [1.82, 2.24) is 9.80 Å². The zero-order valence-electron chi connectivity index (χ0n) is 9.40. The number of carbonyl (C=O) groups is 1. The lowest BCUT2D eigenvalue weighted by Gasteiger charge is -2.25. The van der Waals surface area contributed by atoms with Crippen LogP contribution >= 0.6 is 12.2 Å². The molecule has 0 aromatic rings. The van der Waals surface area contributed by atoms with E-state index in [-0.39, 0.29) is 11.9 Å². The Bertz CT molecular complexity index is 257. The monoisotopic (exact) mass is 229 g/mol. The second-order valence-electron chi connectivity index (χ2n) is 3.91. The van der Waals surface area contributed by atoms with E-state index in [2.05, 4.69) is 11.8 Å². The molecule has 0 aromatic carbocycles. The fourth-order valence-electron chi connectivity index (χ4n) is 1.93. The minimum absolute atomic E-state index is 0.0364. The molecule has 0 spiro atoms. The van der Waals surface area contributed by atoms with Crippen molar-refractivity contribution in [3.05, 3.63) is 0 Å². The second-order valence-corrected chi connectivity index (χ2v) is 4.43. The van der Waals surface area contributed by atoms with Gasteiger partial charge in [-0.05, 0) is 13.0 Å². The molecule has 0 aliphatic carbocycles. The summed E-state index contributed by atoms with van der Waals surface area (Å²) in [5, 5.41) is 0. The molecule has 0 bridgehead atoms. The molecule has 2 N–H and O–H groups in total. The number of likely N-dealkylation sites (tertiary alicyclic amines) is 1. The smallest absolute Gasteiger partial charge is 0.239 e. The van der Waals surface area contributed by atoms with Gasteiger partial charge in [0.1, 0.15) is 0 Å². The number of nitrogens with two attached hydrogens (primary N) is 1. The molecular weight excluding hydrogens is 210 g/mol. The van der Waals surface area contributed by atoms with Gasteiger partial charge in [-0.15, -0.1) is 0 Å². The molecule has 1 aliphatic rings. The fraction of sp³-hybridized carbons (Fsp3) is 0.800. The van der Waals surface area contributed by atoms with Gasteiger partial charge in [0.15, 0.2) is 0 Å². The van der Waals surface area contributed by atoms with E-state index in [1.54, 1.807) is 4.90 Å². The molecule has 15 heavy (non-hydrogen) atoms. The molecule has 1 unspecified atom stereocenters. The first-order valence-electron chi connectivity index (χ1n) is 5.33. The van der Waals surface area contributed by atoms with E-state index >= 15 is 0 Å². The van der Waals surface area contributed by atoms with Crippen LogP contribution in [0.15, 0.2) is 0 Å². The van der Waals surface area contributed by atoms with Crippen molar-refractivity contribution in [1.29, 1.82) is 0 Å². The van der Waals surface area contributed by atoms with Crippen molar-refractivity contribution in [2.24, 2.45) is 5.73 Å². The van der Waals surface area contributed by atoms with Crippen LogP contribution in [0.1, 0.15) is 19.8 Å². The normalized spacial score (nSPS) is 21.4. The Kier molecular flexibility index (Phi) is 4.47. The van der Waals surface area contributed by atoms with Gasteiger partial charge in [0.05, 0.1) is 11.0 Å². The Labute approximate surface area is 96.4 Å². The molecule has 86 valence electrons. The van der Waals surface area contributed by atoms with Crippen molar-refractivity contribution in [3.63, 3.8) is 0 Å². The standard InChI is InChI=1S/C10H19N3OS/c1-3-13(7-5-9(11)15)8-4-6-12(2)10(8)14/h8H,3-7H2,1-2H3,(H2,11,15). The summed E-state index contributed by atoms with van der Waals surface area (Å²) >= 11 is 4.84. The molecule has 1 fully saturated rings. The van der Waals surface area contributed by atoms with Crippen molar-refractivity contribution in [2.45, 2.75) is 25.8 Å². The minimum atomic E-state index is 0.0364. The number of hydrogen-bond donors (Lipinski definition) is 1. The molecule has 1 aliphatic heterocycles. The van der Waals surface area contributed by atoms with Gasteiger partial charge in [-0.1, -0.05) is 19.1 Å². The van der Waals surface area contributed by atoms with Crippen molar-refractivity contribution in [3.8, 4) is 0 Å². The summed E-state index contributed by atoms with van der Waals surface area (Å²) in [5.41, 5.74) is 5.47. The van der Waals surface area contributed by atoms with Crippen LogP contribution in [0, 0.1) is 0 Å². The number of carbonyl (C=O) groups excluding carboxylic acids is 1. The number of hydrogen-bond acceptors (Lipinski definition) is 3. The SMILES string of the molecule is CCN(CCC(N)=S)C1CCN(C)C1=O. The fourth-order valence-corrected chi connectivity index (χ4v) is 2.02. The molecule has 5 heteroatoms. The van der Waals surface area contributed by atoms with Crippen molar-refractivity contribution >= 4 is 23.1 Å². The maximum absolute atomic E-state index is 11.8. The van der Waals surface area contributed by atoms with Crippen LogP contribution in [-0.2, 0) is 4.79 Å². The van der Waals surface area contributed by atoms with E-state index in [1.165, 1.54) is 0 Å². The largest absolute Gasteiger partial charge is 0.393 e. The van der Waals surface area contributed by atoms with Gasteiger partial charge >= 0.3 is 0 Å². The third kappa shape index (κ3) is 3.14. The van der Waals surface area contributed by atoms with Crippen LogP contribution < -0.4 is 5.73 Å². The summed E-state index contributed by atoms with van der Waals surface area (Å²) in [6.07, 6.45) is 1.61. The summed E-state index contributed by atoms with van der Waals surface area (Å²) < 4.78 is 0. The molecular formula is C10H19N3OS. The third-order valence-corrected chi connectivity index (χ3v) is 3.10. The topological polar surface area (TPSA) is 49.6 Å². The Balaban J connectivity index is 2.51. The first-order chi connectivity index (χ1) is 7.06. The molecule has 1 heterocycles.